The van der Waals surface area contributed by atoms with Crippen LogP contribution in [0.4, 0.5) is 11.6 Å². The monoisotopic (exact) mass is 363 g/mol. The summed E-state index contributed by atoms with van der Waals surface area (Å²) in [5.74, 6) is 1.16. The van der Waals surface area contributed by atoms with E-state index in [1.165, 1.54) is 23.5 Å². The number of aromatic nitrogens is 3. The van der Waals surface area contributed by atoms with Gasteiger partial charge in [0, 0.05) is 12.1 Å². The highest BCUT2D eigenvalue weighted by Crippen LogP contribution is 2.38. The molecule has 0 saturated heterocycles. The number of nitro benzene ring substituents is 1. The Kier molecular flexibility index (Phi) is 4.35. The topological polar surface area (TPSA) is 85.9 Å². The molecule has 4 rings (SSSR count). The number of fused-ring (bicyclic) bond motifs is 1. The Morgan fingerprint density at radius 2 is 1.96 bits per heavy atom. The third-order valence-electron chi connectivity index (χ3n) is 5.10. The highest BCUT2D eigenvalue weighted by molar-refractivity contribution is 5.42. The van der Waals surface area contributed by atoms with Crippen LogP contribution in [-0.4, -0.2) is 19.7 Å². The van der Waals surface area contributed by atoms with Gasteiger partial charge in [-0.15, -0.1) is 0 Å². The number of hydrogen-bond donors (Lipinski definition) is 1. The molecule has 0 fully saturated rings. The summed E-state index contributed by atoms with van der Waals surface area (Å²) in [4.78, 5) is 15.1. The molecule has 1 N–H and O–H groups in total. The maximum Gasteiger partial charge on any atom is 0.269 e. The van der Waals surface area contributed by atoms with Crippen LogP contribution in [0.3, 0.4) is 0 Å². The quantitative estimate of drug-likeness (QED) is 0.546. The van der Waals surface area contributed by atoms with Crippen molar-refractivity contribution in [3.05, 3.63) is 81.7 Å². The van der Waals surface area contributed by atoms with Crippen LogP contribution in [-0.2, 0) is 0 Å². The number of non-ortho nitro benzene ring substituents is 1. The zero-order valence-electron chi connectivity index (χ0n) is 15.2. The Hall–Kier alpha value is -3.22. The number of benzene rings is 2. The summed E-state index contributed by atoms with van der Waals surface area (Å²) >= 11 is 0. The molecule has 1 aromatic heterocycles. The largest absolute Gasteiger partial charge is 0.348 e. The zero-order chi connectivity index (χ0) is 19.0. The van der Waals surface area contributed by atoms with Crippen LogP contribution in [0.15, 0.2) is 54.9 Å². The summed E-state index contributed by atoms with van der Waals surface area (Å²) in [5.41, 5.74) is 3.42. The van der Waals surface area contributed by atoms with Gasteiger partial charge in [0.15, 0.2) is 0 Å². The second-order valence-electron chi connectivity index (χ2n) is 7.15. The average Bonchev–Trinajstić information content (AvgIpc) is 3.16. The minimum atomic E-state index is -0.366. The fourth-order valence-electron chi connectivity index (χ4n) is 3.57. The number of nitrogens with zero attached hydrogens (tertiary/aromatic N) is 4. The predicted octanol–water partition coefficient (Wildman–Crippen LogP) is 4.46. The van der Waals surface area contributed by atoms with E-state index < -0.39 is 0 Å². The van der Waals surface area contributed by atoms with Crippen molar-refractivity contribution in [2.24, 2.45) is 0 Å². The number of nitro groups is 1. The third kappa shape index (κ3) is 3.28. The SMILES string of the molecule is CC(C)c1ccc([C@@H]2C[C@H](c3cccc([N+](=O)[O-])c3)n3ncnc3N2)cc1. The summed E-state index contributed by atoms with van der Waals surface area (Å²) in [6.07, 6.45) is 2.25. The lowest BCUT2D eigenvalue weighted by Crippen LogP contribution is -2.28. The van der Waals surface area contributed by atoms with Gasteiger partial charge >= 0.3 is 0 Å². The van der Waals surface area contributed by atoms with Crippen LogP contribution in [0.25, 0.3) is 0 Å². The van der Waals surface area contributed by atoms with Gasteiger partial charge < -0.3 is 5.32 Å². The highest BCUT2D eigenvalue weighted by Gasteiger charge is 2.30. The van der Waals surface area contributed by atoms with Crippen molar-refractivity contribution in [1.29, 1.82) is 0 Å². The van der Waals surface area contributed by atoms with Crippen molar-refractivity contribution in [1.82, 2.24) is 14.8 Å². The van der Waals surface area contributed by atoms with Gasteiger partial charge in [-0.05, 0) is 29.0 Å². The predicted molar refractivity (Wildman–Crippen MR) is 103 cm³/mol. The van der Waals surface area contributed by atoms with Crippen molar-refractivity contribution in [2.45, 2.75) is 38.3 Å². The van der Waals surface area contributed by atoms with Gasteiger partial charge in [-0.25, -0.2) is 4.68 Å². The van der Waals surface area contributed by atoms with Crippen molar-refractivity contribution >= 4 is 11.6 Å². The van der Waals surface area contributed by atoms with Crippen LogP contribution in [0.2, 0.25) is 0 Å². The molecule has 0 bridgehead atoms. The molecule has 2 aromatic carbocycles. The molecule has 1 aliphatic rings. The minimum absolute atomic E-state index is 0.0622. The fourth-order valence-corrected chi connectivity index (χ4v) is 3.57. The molecule has 7 heteroatoms. The number of anilines is 1. The van der Waals surface area contributed by atoms with Crippen LogP contribution < -0.4 is 5.32 Å². The van der Waals surface area contributed by atoms with E-state index in [0.717, 1.165) is 12.0 Å². The molecule has 2 atom stereocenters. The summed E-state index contributed by atoms with van der Waals surface area (Å²) in [5, 5.41) is 18.9. The lowest BCUT2D eigenvalue weighted by Gasteiger charge is -2.31. The first-order chi connectivity index (χ1) is 13.0. The molecule has 0 amide bonds. The minimum Gasteiger partial charge on any atom is -0.348 e. The Labute approximate surface area is 157 Å². The Bertz CT molecular complexity index is 965. The van der Waals surface area contributed by atoms with E-state index in [1.807, 2.05) is 6.07 Å². The molecular formula is C20H21N5O2. The van der Waals surface area contributed by atoms with Gasteiger partial charge in [0.05, 0.1) is 17.0 Å². The van der Waals surface area contributed by atoms with Gasteiger partial charge in [-0.2, -0.15) is 10.1 Å². The molecule has 0 saturated carbocycles. The van der Waals surface area contributed by atoms with Crippen molar-refractivity contribution < 1.29 is 4.92 Å². The number of nitrogens with one attached hydrogen (secondary N) is 1. The lowest BCUT2D eigenvalue weighted by atomic mass is 9.92. The van der Waals surface area contributed by atoms with E-state index in [4.69, 9.17) is 0 Å². The van der Waals surface area contributed by atoms with E-state index in [1.54, 1.807) is 16.8 Å². The maximum absolute atomic E-state index is 11.2. The number of hydrogen-bond acceptors (Lipinski definition) is 5. The van der Waals surface area contributed by atoms with Crippen molar-refractivity contribution in [3.8, 4) is 0 Å². The van der Waals surface area contributed by atoms with E-state index >= 15 is 0 Å². The molecule has 0 radical (unpaired) electrons. The molecule has 3 aromatic rings. The maximum atomic E-state index is 11.2. The Morgan fingerprint density at radius 1 is 1.19 bits per heavy atom. The molecule has 27 heavy (non-hydrogen) atoms. The first-order valence-electron chi connectivity index (χ1n) is 9.03. The summed E-state index contributed by atoms with van der Waals surface area (Å²) in [6, 6.07) is 15.3. The molecule has 138 valence electrons. The third-order valence-corrected chi connectivity index (χ3v) is 5.10. The van der Waals surface area contributed by atoms with Crippen molar-refractivity contribution in [2.75, 3.05) is 5.32 Å². The molecule has 0 unspecified atom stereocenters. The van der Waals surface area contributed by atoms with E-state index in [-0.39, 0.29) is 22.7 Å². The normalized spacial score (nSPS) is 18.8. The van der Waals surface area contributed by atoms with E-state index in [9.17, 15) is 10.1 Å². The van der Waals surface area contributed by atoms with E-state index in [2.05, 4.69) is 53.5 Å². The van der Waals surface area contributed by atoms with Crippen molar-refractivity contribution in [3.63, 3.8) is 0 Å². The van der Waals surface area contributed by atoms with Crippen LogP contribution in [0, 0.1) is 10.1 Å². The summed E-state index contributed by atoms with van der Waals surface area (Å²) in [7, 11) is 0. The molecule has 0 aliphatic carbocycles. The Morgan fingerprint density at radius 3 is 2.67 bits per heavy atom. The van der Waals surface area contributed by atoms with E-state index in [0.29, 0.717) is 11.9 Å². The molecule has 0 spiro atoms. The standard InChI is InChI=1S/C20H21N5O2/c1-13(2)14-6-8-15(9-7-14)18-11-19(24-20(23-18)21-12-22-24)16-4-3-5-17(10-16)25(26)27/h3-10,12-13,18-19H,11H2,1-2H3,(H,21,22,23)/t18-,19+/m0/s1. The summed E-state index contributed by atoms with van der Waals surface area (Å²) in [6.45, 7) is 4.35. The lowest BCUT2D eigenvalue weighted by molar-refractivity contribution is -0.384. The van der Waals surface area contributed by atoms with Crippen LogP contribution in [0.5, 0.6) is 0 Å². The Balaban J connectivity index is 1.69. The molecule has 7 nitrogen and oxygen atoms in total. The van der Waals surface area contributed by atoms with Gasteiger partial charge in [-0.3, -0.25) is 10.1 Å². The van der Waals surface area contributed by atoms with Crippen LogP contribution >= 0.6 is 0 Å². The number of rotatable bonds is 4. The molecule has 2 heterocycles. The van der Waals surface area contributed by atoms with Gasteiger partial charge in [-0.1, -0.05) is 50.2 Å². The second kappa shape index (κ2) is 6.83. The first-order valence-corrected chi connectivity index (χ1v) is 9.03. The second-order valence-corrected chi connectivity index (χ2v) is 7.15. The molecular weight excluding hydrogens is 342 g/mol. The summed E-state index contributed by atoms with van der Waals surface area (Å²) < 4.78 is 1.80. The highest BCUT2D eigenvalue weighted by atomic mass is 16.6. The average molecular weight is 363 g/mol. The van der Waals surface area contributed by atoms with Gasteiger partial charge in [0.1, 0.15) is 6.33 Å². The van der Waals surface area contributed by atoms with Crippen LogP contribution in [0.1, 0.15) is 55.0 Å². The molecule has 1 aliphatic heterocycles. The first kappa shape index (κ1) is 17.2. The fraction of sp³-hybridized carbons (Fsp3) is 0.300. The van der Waals surface area contributed by atoms with Gasteiger partial charge in [0.2, 0.25) is 5.95 Å². The zero-order valence-corrected chi connectivity index (χ0v) is 15.2. The van der Waals surface area contributed by atoms with Gasteiger partial charge in [0.25, 0.3) is 5.69 Å². The smallest absolute Gasteiger partial charge is 0.269 e.